The van der Waals surface area contributed by atoms with Crippen molar-refractivity contribution in [2.75, 3.05) is 0 Å². The molecule has 1 aromatic heterocycles. The monoisotopic (exact) mass is 328 g/mol. The average molecular weight is 329 g/mol. The fourth-order valence-corrected chi connectivity index (χ4v) is 2.61. The van der Waals surface area contributed by atoms with Gasteiger partial charge in [0.25, 0.3) is 0 Å². The van der Waals surface area contributed by atoms with Gasteiger partial charge in [0.15, 0.2) is 0 Å². The van der Waals surface area contributed by atoms with Gasteiger partial charge < -0.3 is 10.5 Å². The lowest BCUT2D eigenvalue weighted by Crippen LogP contribution is -2.00. The number of rotatable bonds is 3. The topological polar surface area (TPSA) is 48.1 Å². The van der Waals surface area contributed by atoms with Gasteiger partial charge in [-0.3, -0.25) is 0 Å². The Hall–Kier alpha value is -1.91. The number of hydrogen-bond donors (Lipinski definition) is 1. The van der Waals surface area contributed by atoms with Gasteiger partial charge in [-0.25, -0.2) is 4.98 Å². The second-order valence-corrected chi connectivity index (χ2v) is 5.17. The third kappa shape index (κ3) is 2.53. The lowest BCUT2D eigenvalue weighted by molar-refractivity contribution is 0.459. The van der Waals surface area contributed by atoms with Gasteiger partial charge in [0.05, 0.1) is 10.2 Å². The first kappa shape index (κ1) is 13.1. The number of nitrogens with zero attached hydrogens (tertiary/aromatic N) is 1. The second kappa shape index (κ2) is 5.61. The summed E-state index contributed by atoms with van der Waals surface area (Å²) in [6, 6.07) is 17.7. The number of aromatic nitrogens is 1. The Kier molecular flexibility index (Phi) is 3.67. The fraction of sp³-hybridized carbons (Fsp3) is 0.0625. The Morgan fingerprint density at radius 3 is 2.70 bits per heavy atom. The van der Waals surface area contributed by atoms with E-state index in [2.05, 4.69) is 33.0 Å². The molecule has 0 saturated carbocycles. The number of halogens is 1. The molecule has 0 saturated heterocycles. The number of nitrogens with two attached hydrogens (primary N) is 1. The summed E-state index contributed by atoms with van der Waals surface area (Å²) in [6.07, 6.45) is 0. The molecule has 3 rings (SSSR count). The zero-order valence-electron chi connectivity index (χ0n) is 10.7. The van der Waals surface area contributed by atoms with Crippen molar-refractivity contribution >= 4 is 26.7 Å². The van der Waals surface area contributed by atoms with E-state index in [9.17, 15) is 0 Å². The Morgan fingerprint density at radius 2 is 1.85 bits per heavy atom. The summed E-state index contributed by atoms with van der Waals surface area (Å²) in [6.45, 7) is 0.399. The highest BCUT2D eigenvalue weighted by Gasteiger charge is 2.07. The Bertz CT molecular complexity index is 758. The molecule has 2 aromatic carbocycles. The fourth-order valence-electron chi connectivity index (χ4n) is 2.03. The van der Waals surface area contributed by atoms with E-state index < -0.39 is 0 Å². The van der Waals surface area contributed by atoms with Gasteiger partial charge in [0.2, 0.25) is 5.88 Å². The predicted molar refractivity (Wildman–Crippen MR) is 83.9 cm³/mol. The molecule has 0 aliphatic rings. The minimum Gasteiger partial charge on any atom is -0.438 e. The highest BCUT2D eigenvalue weighted by Crippen LogP contribution is 2.35. The van der Waals surface area contributed by atoms with Gasteiger partial charge in [-0.15, -0.1) is 0 Å². The summed E-state index contributed by atoms with van der Waals surface area (Å²) in [5, 5.41) is 2.27. The largest absolute Gasteiger partial charge is 0.438 e. The summed E-state index contributed by atoms with van der Waals surface area (Å²) in [4.78, 5) is 4.34. The molecule has 0 atom stereocenters. The van der Waals surface area contributed by atoms with Crippen LogP contribution in [0.25, 0.3) is 10.8 Å². The van der Waals surface area contributed by atoms with E-state index in [0.29, 0.717) is 12.4 Å². The molecule has 4 heteroatoms. The van der Waals surface area contributed by atoms with E-state index in [1.165, 1.54) is 0 Å². The van der Waals surface area contributed by atoms with Crippen LogP contribution in [0.3, 0.4) is 0 Å². The molecule has 0 aliphatic carbocycles. The van der Waals surface area contributed by atoms with Gasteiger partial charge in [0, 0.05) is 12.6 Å². The van der Waals surface area contributed by atoms with Crippen LogP contribution in [0.5, 0.6) is 11.6 Å². The van der Waals surface area contributed by atoms with Crippen LogP contribution in [0.15, 0.2) is 59.1 Å². The molecule has 0 unspecified atom stereocenters. The van der Waals surface area contributed by atoms with Crippen LogP contribution in [0.2, 0.25) is 0 Å². The average Bonchev–Trinajstić information content (AvgIpc) is 2.50. The zero-order valence-corrected chi connectivity index (χ0v) is 12.3. The minimum atomic E-state index is 0.399. The maximum Gasteiger partial charge on any atom is 0.219 e. The normalized spacial score (nSPS) is 10.7. The van der Waals surface area contributed by atoms with Crippen LogP contribution < -0.4 is 10.5 Å². The van der Waals surface area contributed by atoms with E-state index in [-0.39, 0.29) is 0 Å². The van der Waals surface area contributed by atoms with Crippen LogP contribution in [0.1, 0.15) is 5.69 Å². The molecule has 0 bridgehead atoms. The van der Waals surface area contributed by atoms with Crippen molar-refractivity contribution in [3.05, 3.63) is 64.8 Å². The summed E-state index contributed by atoms with van der Waals surface area (Å²) in [7, 11) is 0. The molecule has 20 heavy (non-hydrogen) atoms. The van der Waals surface area contributed by atoms with Gasteiger partial charge in [-0.2, -0.15) is 0 Å². The first-order chi connectivity index (χ1) is 9.78. The van der Waals surface area contributed by atoms with E-state index in [0.717, 1.165) is 26.7 Å². The summed E-state index contributed by atoms with van der Waals surface area (Å²) in [5.74, 6) is 1.29. The van der Waals surface area contributed by atoms with Crippen molar-refractivity contribution in [3.8, 4) is 11.6 Å². The predicted octanol–water partition coefficient (Wildman–Crippen LogP) is 4.25. The van der Waals surface area contributed by atoms with Gasteiger partial charge >= 0.3 is 0 Å². The maximum atomic E-state index is 5.85. The molecule has 1 heterocycles. The molecule has 0 radical (unpaired) electrons. The number of fused-ring (bicyclic) bond motifs is 1. The van der Waals surface area contributed by atoms with Crippen molar-refractivity contribution < 1.29 is 4.74 Å². The van der Waals surface area contributed by atoms with Gasteiger partial charge in [0.1, 0.15) is 5.75 Å². The number of pyridine rings is 1. The first-order valence-electron chi connectivity index (χ1n) is 6.29. The first-order valence-corrected chi connectivity index (χ1v) is 7.08. The summed E-state index contributed by atoms with van der Waals surface area (Å²) in [5.41, 5.74) is 6.39. The van der Waals surface area contributed by atoms with Gasteiger partial charge in [-0.05, 0) is 38.8 Å². The summed E-state index contributed by atoms with van der Waals surface area (Å²) >= 11 is 3.60. The molecule has 0 aliphatic heterocycles. The van der Waals surface area contributed by atoms with E-state index in [4.69, 9.17) is 10.5 Å². The van der Waals surface area contributed by atoms with Crippen LogP contribution in [0, 0.1) is 0 Å². The molecule has 100 valence electrons. The highest BCUT2D eigenvalue weighted by atomic mass is 79.9. The quantitative estimate of drug-likeness (QED) is 0.781. The standard InChI is InChI=1S/C16H13BrN2O/c17-16-13-6-2-1-4-11(13)8-9-14(16)20-15-7-3-5-12(10-18)19-15/h1-9H,10,18H2. The van der Waals surface area contributed by atoms with Crippen molar-refractivity contribution in [1.29, 1.82) is 0 Å². The molecule has 0 spiro atoms. The minimum absolute atomic E-state index is 0.399. The third-order valence-electron chi connectivity index (χ3n) is 3.03. The molecule has 0 fully saturated rings. The van der Waals surface area contributed by atoms with Crippen LogP contribution in [-0.4, -0.2) is 4.98 Å². The van der Waals surface area contributed by atoms with Crippen molar-refractivity contribution in [2.45, 2.75) is 6.54 Å². The lowest BCUT2D eigenvalue weighted by atomic mass is 10.1. The van der Waals surface area contributed by atoms with Crippen LogP contribution in [0.4, 0.5) is 0 Å². The van der Waals surface area contributed by atoms with E-state index in [1.54, 1.807) is 0 Å². The Morgan fingerprint density at radius 1 is 1.00 bits per heavy atom. The molecule has 3 aromatic rings. The molecule has 2 N–H and O–H groups in total. The van der Waals surface area contributed by atoms with E-state index in [1.807, 2.05) is 42.5 Å². The van der Waals surface area contributed by atoms with E-state index >= 15 is 0 Å². The second-order valence-electron chi connectivity index (χ2n) is 4.37. The SMILES string of the molecule is NCc1cccc(Oc2ccc3ccccc3c2Br)n1. The highest BCUT2D eigenvalue weighted by molar-refractivity contribution is 9.10. The van der Waals surface area contributed by atoms with Crippen LogP contribution >= 0.6 is 15.9 Å². The Labute approximate surface area is 125 Å². The summed E-state index contributed by atoms with van der Waals surface area (Å²) < 4.78 is 6.77. The number of hydrogen-bond acceptors (Lipinski definition) is 3. The van der Waals surface area contributed by atoms with Gasteiger partial charge in [-0.1, -0.05) is 36.4 Å². The van der Waals surface area contributed by atoms with Crippen molar-refractivity contribution in [2.24, 2.45) is 5.73 Å². The Balaban J connectivity index is 2.00. The molecule has 3 nitrogen and oxygen atoms in total. The van der Waals surface area contributed by atoms with Crippen molar-refractivity contribution in [1.82, 2.24) is 4.98 Å². The molecule has 0 amide bonds. The molecular formula is C16H13BrN2O. The number of benzene rings is 2. The smallest absolute Gasteiger partial charge is 0.219 e. The lowest BCUT2D eigenvalue weighted by Gasteiger charge is -2.10. The zero-order chi connectivity index (χ0) is 13.9. The third-order valence-corrected chi connectivity index (χ3v) is 3.85. The number of ether oxygens (including phenoxy) is 1. The van der Waals surface area contributed by atoms with Crippen LogP contribution in [-0.2, 0) is 6.54 Å². The maximum absolute atomic E-state index is 5.85. The molecular weight excluding hydrogens is 316 g/mol. The van der Waals surface area contributed by atoms with Crippen molar-refractivity contribution in [3.63, 3.8) is 0 Å².